The molecule has 0 bridgehead atoms. The van der Waals surface area contributed by atoms with Gasteiger partial charge in [0.15, 0.2) is 11.5 Å². The van der Waals surface area contributed by atoms with E-state index in [0.717, 1.165) is 0 Å². The summed E-state index contributed by atoms with van der Waals surface area (Å²) in [5.41, 5.74) is 0. The van der Waals surface area contributed by atoms with Gasteiger partial charge in [-0.1, -0.05) is 0 Å². The normalized spacial score (nSPS) is 11.0. The minimum absolute atomic E-state index is 0.0231. The number of hydrogen-bond donors (Lipinski definition) is 1. The quantitative estimate of drug-likeness (QED) is 0.425. The van der Waals surface area contributed by atoms with E-state index in [4.69, 9.17) is 5.11 Å². The van der Waals surface area contributed by atoms with Crippen LogP contribution >= 0.6 is 0 Å². The van der Waals surface area contributed by atoms with Crippen LogP contribution in [0.2, 0.25) is 0 Å². The Morgan fingerprint density at radius 2 is 2.25 bits per heavy atom. The molecule has 0 aromatic rings. The van der Waals surface area contributed by atoms with Gasteiger partial charge in [-0.3, -0.25) is 4.79 Å². The molecule has 1 N–H and O–H groups in total. The SMILES string of the molecule is CO/C(=C\O)C(C)=O. The highest BCUT2D eigenvalue weighted by molar-refractivity contribution is 5.90. The lowest BCUT2D eigenvalue weighted by atomic mass is 10.4. The Bertz CT molecular complexity index is 115. The number of allylic oxidation sites excluding steroid dienone is 1. The number of Topliss-reactive ketones (excluding diaryl/α,β-unsaturated/α-hetero) is 1. The monoisotopic (exact) mass is 116 g/mol. The van der Waals surface area contributed by atoms with Gasteiger partial charge in [0.05, 0.1) is 7.11 Å². The van der Waals surface area contributed by atoms with E-state index in [9.17, 15) is 4.79 Å². The van der Waals surface area contributed by atoms with Crippen LogP contribution in [0.15, 0.2) is 12.0 Å². The molecule has 0 fully saturated rings. The first-order chi connectivity index (χ1) is 3.72. The summed E-state index contributed by atoms with van der Waals surface area (Å²) < 4.78 is 4.42. The van der Waals surface area contributed by atoms with Crippen molar-refractivity contribution in [2.24, 2.45) is 0 Å². The van der Waals surface area contributed by atoms with Gasteiger partial charge in [0.25, 0.3) is 0 Å². The van der Waals surface area contributed by atoms with Crippen LogP contribution in [-0.4, -0.2) is 18.0 Å². The number of ether oxygens (including phenoxy) is 1. The molecule has 0 amide bonds. The largest absolute Gasteiger partial charge is 0.512 e. The van der Waals surface area contributed by atoms with E-state index < -0.39 is 0 Å². The fourth-order valence-corrected chi connectivity index (χ4v) is 0.287. The van der Waals surface area contributed by atoms with E-state index in [-0.39, 0.29) is 11.5 Å². The van der Waals surface area contributed by atoms with E-state index in [2.05, 4.69) is 4.74 Å². The molecule has 0 aliphatic rings. The number of aliphatic hydroxyl groups is 1. The van der Waals surface area contributed by atoms with Crippen LogP contribution in [0.3, 0.4) is 0 Å². The first-order valence-corrected chi connectivity index (χ1v) is 2.11. The Hall–Kier alpha value is -0.990. The standard InChI is InChI=1S/C5H8O3/c1-4(7)5(3-6)8-2/h3,6H,1-2H3/b5-3-. The third kappa shape index (κ3) is 1.64. The summed E-state index contributed by atoms with van der Waals surface area (Å²) in [5.74, 6) is -0.306. The second-order valence-corrected chi connectivity index (χ2v) is 1.25. The summed E-state index contributed by atoms with van der Waals surface area (Å²) in [6.07, 6.45) is 0.641. The topological polar surface area (TPSA) is 46.5 Å². The molecule has 0 aromatic carbocycles. The van der Waals surface area contributed by atoms with Crippen LogP contribution in [0.4, 0.5) is 0 Å². The van der Waals surface area contributed by atoms with Crippen molar-refractivity contribution < 1.29 is 14.6 Å². The smallest absolute Gasteiger partial charge is 0.197 e. The fraction of sp³-hybridized carbons (Fsp3) is 0.400. The van der Waals surface area contributed by atoms with Crippen molar-refractivity contribution >= 4 is 5.78 Å². The number of aliphatic hydroxyl groups excluding tert-OH is 1. The number of carbonyl (C=O) groups excluding carboxylic acids is 1. The lowest BCUT2D eigenvalue weighted by Gasteiger charge is -1.95. The number of hydrogen-bond acceptors (Lipinski definition) is 3. The van der Waals surface area contributed by atoms with Crippen molar-refractivity contribution in [3.63, 3.8) is 0 Å². The van der Waals surface area contributed by atoms with Crippen molar-refractivity contribution in [1.82, 2.24) is 0 Å². The lowest BCUT2D eigenvalue weighted by molar-refractivity contribution is -0.116. The van der Waals surface area contributed by atoms with E-state index in [1.54, 1.807) is 0 Å². The van der Waals surface area contributed by atoms with Crippen LogP contribution in [-0.2, 0) is 9.53 Å². The Balaban J connectivity index is 3.92. The molecule has 0 aromatic heterocycles. The minimum Gasteiger partial charge on any atom is -0.512 e. The number of ketones is 1. The van der Waals surface area contributed by atoms with Gasteiger partial charge in [-0.05, 0) is 0 Å². The molecule has 0 aliphatic carbocycles. The van der Waals surface area contributed by atoms with Gasteiger partial charge in [-0.15, -0.1) is 0 Å². The lowest BCUT2D eigenvalue weighted by Crippen LogP contribution is -1.97. The van der Waals surface area contributed by atoms with Gasteiger partial charge >= 0.3 is 0 Å². The maximum absolute atomic E-state index is 10.3. The molecule has 3 heteroatoms. The van der Waals surface area contributed by atoms with Gasteiger partial charge in [0, 0.05) is 6.92 Å². The third-order valence-corrected chi connectivity index (χ3v) is 0.684. The maximum atomic E-state index is 10.3. The second kappa shape index (κ2) is 3.07. The van der Waals surface area contributed by atoms with E-state index in [1.807, 2.05) is 0 Å². The predicted molar refractivity (Wildman–Crippen MR) is 28.4 cm³/mol. The number of methoxy groups -OCH3 is 1. The predicted octanol–water partition coefficient (Wildman–Crippen LogP) is 0.621. The Morgan fingerprint density at radius 3 is 2.25 bits per heavy atom. The molecule has 0 atom stereocenters. The zero-order valence-corrected chi connectivity index (χ0v) is 4.84. The van der Waals surface area contributed by atoms with Crippen LogP contribution in [0.1, 0.15) is 6.92 Å². The Labute approximate surface area is 47.6 Å². The molecule has 0 saturated heterocycles. The van der Waals surface area contributed by atoms with Gasteiger partial charge < -0.3 is 9.84 Å². The molecular weight excluding hydrogens is 108 g/mol. The van der Waals surface area contributed by atoms with Crippen molar-refractivity contribution in [3.05, 3.63) is 12.0 Å². The number of rotatable bonds is 2. The molecule has 0 heterocycles. The van der Waals surface area contributed by atoms with Crippen molar-refractivity contribution in [3.8, 4) is 0 Å². The summed E-state index contributed by atoms with van der Waals surface area (Å²) in [6.45, 7) is 1.31. The van der Waals surface area contributed by atoms with Crippen LogP contribution in [0.25, 0.3) is 0 Å². The van der Waals surface area contributed by atoms with Gasteiger partial charge in [0.1, 0.15) is 6.26 Å². The fourth-order valence-electron chi connectivity index (χ4n) is 0.287. The van der Waals surface area contributed by atoms with Crippen molar-refractivity contribution in [2.75, 3.05) is 7.11 Å². The highest BCUT2D eigenvalue weighted by atomic mass is 16.5. The Kier molecular flexibility index (Phi) is 2.69. The van der Waals surface area contributed by atoms with Gasteiger partial charge in [-0.2, -0.15) is 0 Å². The Morgan fingerprint density at radius 1 is 1.75 bits per heavy atom. The molecule has 0 aliphatic heterocycles. The summed E-state index contributed by atoms with van der Waals surface area (Å²) in [6, 6.07) is 0. The maximum Gasteiger partial charge on any atom is 0.197 e. The molecule has 0 radical (unpaired) electrons. The average molecular weight is 116 g/mol. The van der Waals surface area contributed by atoms with Crippen LogP contribution in [0.5, 0.6) is 0 Å². The highest BCUT2D eigenvalue weighted by Crippen LogP contribution is 1.92. The van der Waals surface area contributed by atoms with E-state index >= 15 is 0 Å². The van der Waals surface area contributed by atoms with E-state index in [1.165, 1.54) is 14.0 Å². The first-order valence-electron chi connectivity index (χ1n) is 2.11. The van der Waals surface area contributed by atoms with Gasteiger partial charge in [-0.25, -0.2) is 0 Å². The second-order valence-electron chi connectivity index (χ2n) is 1.25. The van der Waals surface area contributed by atoms with Crippen molar-refractivity contribution in [2.45, 2.75) is 6.92 Å². The van der Waals surface area contributed by atoms with Crippen molar-refractivity contribution in [1.29, 1.82) is 0 Å². The number of carbonyl (C=O) groups is 1. The average Bonchev–Trinajstić information content (AvgIpc) is 1.69. The molecule has 8 heavy (non-hydrogen) atoms. The summed E-state index contributed by atoms with van der Waals surface area (Å²) in [5, 5.41) is 8.19. The zero-order chi connectivity index (χ0) is 6.57. The zero-order valence-electron chi connectivity index (χ0n) is 4.84. The summed E-state index contributed by atoms with van der Waals surface area (Å²) in [7, 11) is 1.32. The van der Waals surface area contributed by atoms with E-state index in [0.29, 0.717) is 6.26 Å². The highest BCUT2D eigenvalue weighted by Gasteiger charge is 1.99. The molecule has 0 rings (SSSR count). The molecule has 0 saturated carbocycles. The summed E-state index contributed by atoms with van der Waals surface area (Å²) in [4.78, 5) is 10.3. The third-order valence-electron chi connectivity index (χ3n) is 0.684. The molecule has 46 valence electrons. The molecule has 3 nitrogen and oxygen atoms in total. The molecule has 0 unspecified atom stereocenters. The van der Waals surface area contributed by atoms with Crippen LogP contribution in [0, 0.1) is 0 Å². The molecule has 0 spiro atoms. The summed E-state index contributed by atoms with van der Waals surface area (Å²) >= 11 is 0. The molecular formula is C5H8O3. The van der Waals surface area contributed by atoms with Crippen LogP contribution < -0.4 is 0 Å². The minimum atomic E-state index is -0.282. The first kappa shape index (κ1) is 7.01. The van der Waals surface area contributed by atoms with Gasteiger partial charge in [0.2, 0.25) is 0 Å².